The first-order valence-corrected chi connectivity index (χ1v) is 8.13. The predicted octanol–water partition coefficient (Wildman–Crippen LogP) is 2.45. The fourth-order valence-electron chi connectivity index (χ4n) is 2.58. The Bertz CT molecular complexity index is 583. The van der Waals surface area contributed by atoms with Gasteiger partial charge in [0.2, 0.25) is 10.0 Å². The van der Waals surface area contributed by atoms with Gasteiger partial charge in [-0.3, -0.25) is 10.1 Å². The van der Waals surface area contributed by atoms with Crippen LogP contribution in [0.15, 0.2) is 29.2 Å². The van der Waals surface area contributed by atoms with Crippen LogP contribution in [0.2, 0.25) is 0 Å². The Hall–Kier alpha value is -1.47. The molecule has 7 heteroatoms. The number of nitro groups is 1. The van der Waals surface area contributed by atoms with Crippen molar-refractivity contribution in [3.05, 3.63) is 34.4 Å². The summed E-state index contributed by atoms with van der Waals surface area (Å²) in [5.41, 5.74) is -0.116. The fraction of sp³-hybridized carbons (Fsp3) is 0.538. The molecule has 1 saturated carbocycles. The third-order valence-corrected chi connectivity index (χ3v) is 5.15. The monoisotopic (exact) mass is 298 g/mol. The molecule has 6 nitrogen and oxygen atoms in total. The van der Waals surface area contributed by atoms with E-state index in [0.717, 1.165) is 25.7 Å². The molecule has 0 heterocycles. The average Bonchev–Trinajstić information content (AvgIpc) is 2.38. The molecule has 0 radical (unpaired) electrons. The highest BCUT2D eigenvalue weighted by atomic mass is 32.2. The van der Waals surface area contributed by atoms with E-state index in [1.165, 1.54) is 24.3 Å². The molecular weight excluding hydrogens is 280 g/mol. The van der Waals surface area contributed by atoms with Crippen LogP contribution in [-0.4, -0.2) is 19.4 Å². The zero-order valence-electron chi connectivity index (χ0n) is 11.3. The molecule has 20 heavy (non-hydrogen) atoms. The van der Waals surface area contributed by atoms with Crippen LogP contribution in [0.1, 0.15) is 32.6 Å². The Labute approximate surface area is 118 Å². The number of nitrogens with zero attached hydrogens (tertiary/aromatic N) is 1. The number of nitro benzene ring substituents is 1. The number of sulfonamides is 1. The van der Waals surface area contributed by atoms with Gasteiger partial charge in [-0.05, 0) is 30.9 Å². The molecule has 0 saturated heterocycles. The molecule has 1 aromatic rings. The number of rotatable bonds is 4. The lowest BCUT2D eigenvalue weighted by molar-refractivity contribution is -0.384. The molecule has 2 unspecified atom stereocenters. The third kappa shape index (κ3) is 3.55. The fourth-order valence-corrected chi connectivity index (χ4v) is 3.86. The Morgan fingerprint density at radius 1 is 1.25 bits per heavy atom. The topological polar surface area (TPSA) is 89.3 Å². The Morgan fingerprint density at radius 2 is 1.90 bits per heavy atom. The Morgan fingerprint density at radius 3 is 2.45 bits per heavy atom. The van der Waals surface area contributed by atoms with Crippen LogP contribution in [0.25, 0.3) is 0 Å². The van der Waals surface area contributed by atoms with E-state index in [4.69, 9.17) is 0 Å². The molecule has 1 aromatic carbocycles. The van der Waals surface area contributed by atoms with E-state index in [-0.39, 0.29) is 16.6 Å². The summed E-state index contributed by atoms with van der Waals surface area (Å²) in [6, 6.07) is 4.91. The zero-order chi connectivity index (χ0) is 14.8. The minimum absolute atomic E-state index is 0.0426. The zero-order valence-corrected chi connectivity index (χ0v) is 12.1. The summed E-state index contributed by atoms with van der Waals surface area (Å²) in [6.45, 7) is 2.12. The van der Waals surface area contributed by atoms with Gasteiger partial charge in [0, 0.05) is 18.2 Å². The van der Waals surface area contributed by atoms with E-state index in [1.54, 1.807) is 0 Å². The summed E-state index contributed by atoms with van der Waals surface area (Å²) in [7, 11) is -3.60. The Kier molecular flexibility index (Phi) is 4.39. The van der Waals surface area contributed by atoms with Crippen molar-refractivity contribution in [3.63, 3.8) is 0 Å². The van der Waals surface area contributed by atoms with Crippen LogP contribution < -0.4 is 4.72 Å². The highest BCUT2D eigenvalue weighted by molar-refractivity contribution is 7.89. The lowest BCUT2D eigenvalue weighted by Gasteiger charge is -2.27. The van der Waals surface area contributed by atoms with Gasteiger partial charge in [0.05, 0.1) is 9.82 Å². The predicted molar refractivity (Wildman–Crippen MR) is 74.8 cm³/mol. The highest BCUT2D eigenvalue weighted by Crippen LogP contribution is 2.25. The van der Waals surface area contributed by atoms with Crippen LogP contribution in [0.3, 0.4) is 0 Å². The first-order chi connectivity index (χ1) is 9.38. The summed E-state index contributed by atoms with van der Waals surface area (Å²) in [4.78, 5) is 10.1. The maximum Gasteiger partial charge on any atom is 0.269 e. The lowest BCUT2D eigenvalue weighted by Crippen LogP contribution is -2.37. The molecule has 0 amide bonds. The second kappa shape index (κ2) is 5.88. The van der Waals surface area contributed by atoms with E-state index in [9.17, 15) is 18.5 Å². The van der Waals surface area contributed by atoms with Crippen molar-refractivity contribution in [2.75, 3.05) is 0 Å². The maximum absolute atomic E-state index is 12.2. The van der Waals surface area contributed by atoms with Crippen molar-refractivity contribution in [2.24, 2.45) is 5.92 Å². The summed E-state index contributed by atoms with van der Waals surface area (Å²) in [6.07, 6.45) is 3.84. The van der Waals surface area contributed by atoms with Crippen molar-refractivity contribution in [1.29, 1.82) is 0 Å². The molecule has 1 N–H and O–H groups in total. The molecule has 2 atom stereocenters. The number of benzene rings is 1. The highest BCUT2D eigenvalue weighted by Gasteiger charge is 2.24. The summed E-state index contributed by atoms with van der Waals surface area (Å²) >= 11 is 0. The van der Waals surface area contributed by atoms with Gasteiger partial charge in [0.25, 0.3) is 5.69 Å². The first-order valence-electron chi connectivity index (χ1n) is 6.65. The van der Waals surface area contributed by atoms with Gasteiger partial charge in [0.15, 0.2) is 0 Å². The summed E-state index contributed by atoms with van der Waals surface area (Å²) in [5.74, 6) is 0.522. The van der Waals surface area contributed by atoms with E-state index in [0.29, 0.717) is 5.92 Å². The molecule has 1 fully saturated rings. The van der Waals surface area contributed by atoms with Gasteiger partial charge in [-0.1, -0.05) is 19.8 Å². The quantitative estimate of drug-likeness (QED) is 0.683. The van der Waals surface area contributed by atoms with E-state index < -0.39 is 14.9 Å². The second-order valence-corrected chi connectivity index (χ2v) is 7.05. The summed E-state index contributed by atoms with van der Waals surface area (Å²) in [5, 5.41) is 10.6. The minimum Gasteiger partial charge on any atom is -0.258 e. The standard InChI is InChI=1S/C13H18N2O4S/c1-10-3-2-4-11(9-10)14-20(18,19)13-7-5-12(6-8-13)15(16)17/h5-8,10-11,14H,2-4,9H2,1H3. The molecule has 110 valence electrons. The number of non-ortho nitro benzene ring substituents is 1. The van der Waals surface area contributed by atoms with E-state index in [1.807, 2.05) is 0 Å². The van der Waals surface area contributed by atoms with Gasteiger partial charge >= 0.3 is 0 Å². The molecule has 1 aliphatic carbocycles. The van der Waals surface area contributed by atoms with Gasteiger partial charge in [0.1, 0.15) is 0 Å². The molecule has 0 aromatic heterocycles. The van der Waals surface area contributed by atoms with Crippen LogP contribution in [-0.2, 0) is 10.0 Å². The maximum atomic E-state index is 12.2. The van der Waals surface area contributed by atoms with Crippen LogP contribution in [0, 0.1) is 16.0 Å². The molecule has 0 bridgehead atoms. The van der Waals surface area contributed by atoms with Crippen LogP contribution >= 0.6 is 0 Å². The molecule has 0 spiro atoms. The van der Waals surface area contributed by atoms with Gasteiger partial charge < -0.3 is 0 Å². The second-order valence-electron chi connectivity index (χ2n) is 5.34. The van der Waals surface area contributed by atoms with Gasteiger partial charge in [-0.2, -0.15) is 0 Å². The van der Waals surface area contributed by atoms with Gasteiger partial charge in [-0.15, -0.1) is 0 Å². The third-order valence-electron chi connectivity index (χ3n) is 3.62. The molecule has 0 aliphatic heterocycles. The van der Waals surface area contributed by atoms with E-state index >= 15 is 0 Å². The normalized spacial score (nSPS) is 23.4. The summed E-state index contributed by atoms with van der Waals surface area (Å²) < 4.78 is 27.1. The number of hydrogen-bond donors (Lipinski definition) is 1. The minimum atomic E-state index is -3.60. The first kappa shape index (κ1) is 14.9. The van der Waals surface area contributed by atoms with Crippen molar-refractivity contribution in [3.8, 4) is 0 Å². The van der Waals surface area contributed by atoms with Crippen LogP contribution in [0.4, 0.5) is 5.69 Å². The van der Waals surface area contributed by atoms with Crippen LogP contribution in [0.5, 0.6) is 0 Å². The van der Waals surface area contributed by atoms with Crippen molar-refractivity contribution in [2.45, 2.75) is 43.5 Å². The van der Waals surface area contributed by atoms with Crippen molar-refractivity contribution >= 4 is 15.7 Å². The van der Waals surface area contributed by atoms with Gasteiger partial charge in [-0.25, -0.2) is 13.1 Å². The van der Waals surface area contributed by atoms with Crippen molar-refractivity contribution in [1.82, 2.24) is 4.72 Å². The number of nitrogens with one attached hydrogen (secondary N) is 1. The average molecular weight is 298 g/mol. The largest absolute Gasteiger partial charge is 0.269 e. The number of hydrogen-bond acceptors (Lipinski definition) is 4. The Balaban J connectivity index is 2.11. The molecule has 2 rings (SSSR count). The lowest BCUT2D eigenvalue weighted by atomic mass is 9.88. The van der Waals surface area contributed by atoms with E-state index in [2.05, 4.69) is 11.6 Å². The molecule has 1 aliphatic rings. The molecular formula is C13H18N2O4S. The van der Waals surface area contributed by atoms with Crippen molar-refractivity contribution < 1.29 is 13.3 Å². The smallest absolute Gasteiger partial charge is 0.258 e. The SMILES string of the molecule is CC1CCCC(NS(=O)(=O)c2ccc([N+](=O)[O-])cc2)C1.